The first kappa shape index (κ1) is 16.3. The van der Waals surface area contributed by atoms with Crippen molar-refractivity contribution < 1.29 is 4.39 Å². The van der Waals surface area contributed by atoms with Crippen LogP contribution in [0.4, 0.5) is 21.8 Å². The first-order valence-corrected chi connectivity index (χ1v) is 8.81. The lowest BCUT2D eigenvalue weighted by Gasteiger charge is -2.11. The number of rotatable bonds is 3. The van der Waals surface area contributed by atoms with E-state index in [1.54, 1.807) is 43.0 Å². The molecule has 1 aliphatic heterocycles. The lowest BCUT2D eigenvalue weighted by atomic mass is 10.0. The number of benzene rings is 1. The van der Waals surface area contributed by atoms with Crippen molar-refractivity contribution >= 4 is 17.5 Å². The quantitative estimate of drug-likeness (QED) is 0.490. The highest BCUT2D eigenvalue weighted by atomic mass is 19.1. The predicted octanol–water partition coefficient (Wildman–Crippen LogP) is 4.41. The van der Waals surface area contributed by atoms with Crippen LogP contribution in [-0.2, 0) is 6.54 Å². The third kappa shape index (κ3) is 2.83. The molecule has 7 heteroatoms. The van der Waals surface area contributed by atoms with Gasteiger partial charge in [0.1, 0.15) is 11.6 Å². The summed E-state index contributed by atoms with van der Waals surface area (Å²) < 4.78 is 13.9. The average Bonchev–Trinajstić information content (AvgIpc) is 2.87. The van der Waals surface area contributed by atoms with E-state index in [-0.39, 0.29) is 5.82 Å². The van der Waals surface area contributed by atoms with Gasteiger partial charge >= 0.3 is 0 Å². The average molecular weight is 370 g/mol. The molecule has 136 valence electrons. The lowest BCUT2D eigenvalue weighted by molar-refractivity contribution is 0.612. The van der Waals surface area contributed by atoms with Crippen LogP contribution in [0, 0.1) is 5.82 Å². The van der Waals surface area contributed by atoms with Crippen molar-refractivity contribution in [3.8, 4) is 22.4 Å². The van der Waals surface area contributed by atoms with Crippen LogP contribution in [0.3, 0.4) is 0 Å². The Labute approximate surface area is 160 Å². The van der Waals surface area contributed by atoms with E-state index in [4.69, 9.17) is 4.98 Å². The summed E-state index contributed by atoms with van der Waals surface area (Å²) in [5.74, 6) is 0.869. The highest BCUT2D eigenvalue weighted by Gasteiger charge is 2.21. The fraction of sp³-hybridized carbons (Fsp3) is 0.0476. The molecular weight excluding hydrogens is 355 g/mol. The molecule has 0 unspecified atom stereocenters. The third-order valence-electron chi connectivity index (χ3n) is 4.61. The van der Waals surface area contributed by atoms with Crippen LogP contribution >= 0.6 is 0 Å². The Bertz CT molecular complexity index is 1180. The van der Waals surface area contributed by atoms with Crippen LogP contribution in [0.2, 0.25) is 0 Å². The zero-order chi connectivity index (χ0) is 18.9. The molecule has 0 spiro atoms. The largest absolute Gasteiger partial charge is 0.350 e. The van der Waals surface area contributed by atoms with Crippen molar-refractivity contribution in [1.29, 1.82) is 0 Å². The van der Waals surface area contributed by atoms with Gasteiger partial charge < -0.3 is 10.6 Å². The van der Waals surface area contributed by atoms with Gasteiger partial charge in [-0.2, -0.15) is 0 Å². The van der Waals surface area contributed by atoms with E-state index in [1.165, 1.54) is 6.07 Å². The van der Waals surface area contributed by atoms with Crippen LogP contribution in [0.15, 0.2) is 67.3 Å². The molecule has 0 atom stereocenters. The summed E-state index contributed by atoms with van der Waals surface area (Å²) in [6, 6.07) is 12.4. The van der Waals surface area contributed by atoms with Crippen LogP contribution in [0.25, 0.3) is 22.4 Å². The first-order chi connectivity index (χ1) is 13.8. The van der Waals surface area contributed by atoms with E-state index in [9.17, 15) is 4.39 Å². The Hall–Kier alpha value is -3.87. The van der Waals surface area contributed by atoms with Crippen LogP contribution < -0.4 is 10.6 Å². The predicted molar refractivity (Wildman–Crippen MR) is 106 cm³/mol. The van der Waals surface area contributed by atoms with Gasteiger partial charge in [-0.05, 0) is 24.3 Å². The summed E-state index contributed by atoms with van der Waals surface area (Å²) in [7, 11) is 0. The summed E-state index contributed by atoms with van der Waals surface area (Å²) in [4.78, 5) is 17.8. The van der Waals surface area contributed by atoms with Crippen molar-refractivity contribution in [2.24, 2.45) is 0 Å². The lowest BCUT2D eigenvalue weighted by Crippen LogP contribution is -2.06. The molecule has 0 aliphatic carbocycles. The fourth-order valence-electron chi connectivity index (χ4n) is 3.24. The molecule has 4 heterocycles. The summed E-state index contributed by atoms with van der Waals surface area (Å²) >= 11 is 0. The molecule has 0 bridgehead atoms. The molecule has 0 saturated heterocycles. The molecule has 0 radical (unpaired) electrons. The van der Waals surface area contributed by atoms with Crippen molar-refractivity contribution in [1.82, 2.24) is 19.9 Å². The monoisotopic (exact) mass is 370 g/mol. The van der Waals surface area contributed by atoms with E-state index in [0.29, 0.717) is 23.9 Å². The molecule has 2 N–H and O–H groups in total. The number of nitrogens with zero attached hydrogens (tertiary/aromatic N) is 4. The summed E-state index contributed by atoms with van der Waals surface area (Å²) in [6.07, 6.45) is 6.99. The van der Waals surface area contributed by atoms with Gasteiger partial charge in [0.25, 0.3) is 0 Å². The van der Waals surface area contributed by atoms with Gasteiger partial charge in [0.05, 0.1) is 17.6 Å². The number of hydrogen-bond donors (Lipinski definition) is 2. The highest BCUT2D eigenvalue weighted by Crippen LogP contribution is 2.41. The zero-order valence-corrected chi connectivity index (χ0v) is 14.7. The molecular formula is C21H15FN6. The Morgan fingerprint density at radius 3 is 2.75 bits per heavy atom. The van der Waals surface area contributed by atoms with Gasteiger partial charge in [0.15, 0.2) is 0 Å². The smallest absolute Gasteiger partial charge is 0.223 e. The minimum atomic E-state index is -0.259. The number of halogens is 1. The van der Waals surface area contributed by atoms with Gasteiger partial charge in [-0.1, -0.05) is 18.2 Å². The van der Waals surface area contributed by atoms with E-state index in [2.05, 4.69) is 25.6 Å². The molecule has 28 heavy (non-hydrogen) atoms. The van der Waals surface area contributed by atoms with E-state index >= 15 is 0 Å². The number of hydrogen-bond acceptors (Lipinski definition) is 6. The maximum absolute atomic E-state index is 13.9. The summed E-state index contributed by atoms with van der Waals surface area (Å²) in [6.45, 7) is 0.296. The topological polar surface area (TPSA) is 75.6 Å². The second-order valence-corrected chi connectivity index (χ2v) is 6.35. The Balaban J connectivity index is 1.58. The third-order valence-corrected chi connectivity index (χ3v) is 4.61. The van der Waals surface area contributed by atoms with Crippen molar-refractivity contribution in [2.45, 2.75) is 6.54 Å². The number of fused-ring (bicyclic) bond motifs is 5. The molecule has 1 aromatic carbocycles. The first-order valence-electron chi connectivity index (χ1n) is 8.81. The molecule has 0 fully saturated rings. The SMILES string of the molecule is Fc1ccccc1CNc1ncc2c(n1)-c1cccnc1Nc1cnccc1-2. The molecule has 1 aliphatic rings. The van der Waals surface area contributed by atoms with Gasteiger partial charge in [-0.3, -0.25) is 4.98 Å². The summed E-state index contributed by atoms with van der Waals surface area (Å²) in [5.41, 5.74) is 4.85. The van der Waals surface area contributed by atoms with Crippen molar-refractivity contribution in [3.63, 3.8) is 0 Å². The Kier molecular flexibility index (Phi) is 3.90. The second-order valence-electron chi connectivity index (χ2n) is 6.35. The minimum Gasteiger partial charge on any atom is -0.350 e. The van der Waals surface area contributed by atoms with Crippen molar-refractivity contribution in [2.75, 3.05) is 10.6 Å². The van der Waals surface area contributed by atoms with Gasteiger partial charge in [-0.25, -0.2) is 19.3 Å². The maximum atomic E-state index is 13.9. The normalized spacial score (nSPS) is 11.5. The fourth-order valence-corrected chi connectivity index (χ4v) is 3.24. The zero-order valence-electron chi connectivity index (χ0n) is 14.7. The molecule has 5 rings (SSSR count). The molecule has 0 saturated carbocycles. The van der Waals surface area contributed by atoms with Crippen LogP contribution in [0.5, 0.6) is 0 Å². The number of pyridine rings is 2. The molecule has 0 amide bonds. The second kappa shape index (κ2) is 6.70. The minimum absolute atomic E-state index is 0.259. The van der Waals surface area contributed by atoms with Gasteiger partial charge in [-0.15, -0.1) is 0 Å². The van der Waals surface area contributed by atoms with Crippen LogP contribution in [-0.4, -0.2) is 19.9 Å². The summed E-state index contributed by atoms with van der Waals surface area (Å²) in [5, 5.41) is 6.44. The Morgan fingerprint density at radius 1 is 0.893 bits per heavy atom. The van der Waals surface area contributed by atoms with Gasteiger partial charge in [0.2, 0.25) is 5.95 Å². The number of aromatic nitrogens is 4. The molecule has 6 nitrogen and oxygen atoms in total. The van der Waals surface area contributed by atoms with E-state index in [0.717, 1.165) is 28.1 Å². The van der Waals surface area contributed by atoms with Crippen LogP contribution in [0.1, 0.15) is 5.56 Å². The molecule has 4 aromatic rings. The standard InChI is InChI=1S/C21H15FN6/c22-17-6-2-1-4-13(17)10-25-21-26-11-16-14-7-9-23-12-18(14)27-20-15(19(16)28-21)5-3-8-24-20/h1-9,11-12H,10H2,(H,24,27)(H,25,26,28). The number of anilines is 3. The van der Waals surface area contributed by atoms with E-state index in [1.807, 2.05) is 18.2 Å². The molecule has 3 aromatic heterocycles. The Morgan fingerprint density at radius 2 is 1.82 bits per heavy atom. The van der Waals surface area contributed by atoms with E-state index < -0.39 is 0 Å². The maximum Gasteiger partial charge on any atom is 0.223 e. The highest BCUT2D eigenvalue weighted by molar-refractivity contribution is 5.95. The number of nitrogens with one attached hydrogen (secondary N) is 2. The van der Waals surface area contributed by atoms with Crippen molar-refractivity contribution in [3.05, 3.63) is 78.6 Å². The van der Waals surface area contributed by atoms with Gasteiger partial charge in [0, 0.05) is 47.4 Å².